The van der Waals surface area contributed by atoms with Crippen molar-refractivity contribution in [3.63, 3.8) is 0 Å². The van der Waals surface area contributed by atoms with Crippen molar-refractivity contribution in [3.8, 4) is 0 Å². The first kappa shape index (κ1) is 18.8. The van der Waals surface area contributed by atoms with Gasteiger partial charge in [-0.15, -0.1) is 0 Å². The molecule has 2 heterocycles. The van der Waals surface area contributed by atoms with Gasteiger partial charge in [-0.05, 0) is 25.2 Å². The van der Waals surface area contributed by atoms with Crippen molar-refractivity contribution in [3.05, 3.63) is 0 Å². The number of rotatable bonds is 4. The summed E-state index contributed by atoms with van der Waals surface area (Å²) >= 11 is 0. The molecule has 1 aliphatic carbocycles. The lowest BCUT2D eigenvalue weighted by atomic mass is 9.85. The van der Waals surface area contributed by atoms with Crippen LogP contribution < -0.4 is 5.32 Å². The van der Waals surface area contributed by atoms with E-state index < -0.39 is 46.2 Å². The van der Waals surface area contributed by atoms with Gasteiger partial charge < -0.3 is 5.32 Å². The van der Waals surface area contributed by atoms with E-state index in [0.29, 0.717) is 17.7 Å². The van der Waals surface area contributed by atoms with E-state index >= 15 is 0 Å². The van der Waals surface area contributed by atoms with E-state index in [1.54, 1.807) is 0 Å². The summed E-state index contributed by atoms with van der Waals surface area (Å²) in [5.41, 5.74) is 0. The van der Waals surface area contributed by atoms with Crippen LogP contribution in [-0.4, -0.2) is 72.1 Å². The number of nitrogens with zero attached hydrogens (tertiary/aromatic N) is 2. The predicted octanol–water partition coefficient (Wildman–Crippen LogP) is -0.341. The first-order valence-electron chi connectivity index (χ1n) is 8.88. The number of urea groups is 1. The summed E-state index contributed by atoms with van der Waals surface area (Å²) < 4.78 is 22.9. The van der Waals surface area contributed by atoms with Gasteiger partial charge in [-0.2, -0.15) is 0 Å². The highest BCUT2D eigenvalue weighted by molar-refractivity contribution is 7.91. The monoisotopic (exact) mass is 385 g/mol. The molecule has 1 N–H and O–H groups in total. The van der Waals surface area contributed by atoms with Crippen LogP contribution in [0, 0.1) is 5.92 Å². The quantitative estimate of drug-likeness (QED) is 0.522. The van der Waals surface area contributed by atoms with Crippen molar-refractivity contribution in [1.29, 1.82) is 0 Å². The van der Waals surface area contributed by atoms with Crippen LogP contribution in [0.25, 0.3) is 0 Å². The van der Waals surface area contributed by atoms with Crippen LogP contribution in [0.5, 0.6) is 0 Å². The number of nitrogens with one attached hydrogen (secondary N) is 1. The van der Waals surface area contributed by atoms with E-state index in [1.807, 2.05) is 6.92 Å². The van der Waals surface area contributed by atoms with Crippen LogP contribution in [-0.2, 0) is 24.2 Å². The number of hydrogen-bond donors (Lipinski definition) is 1. The van der Waals surface area contributed by atoms with Crippen LogP contribution in [0.3, 0.4) is 0 Å². The SMILES string of the molecule is C[C@H]1CCCC[C@@H]1N1C(=O)C(=O)N(CC(=O)N[C@@H]2CCS(=O)(=O)C2)C1=O. The minimum Gasteiger partial charge on any atom is -0.351 e. The fraction of sp³-hybridized carbons (Fsp3) is 0.750. The average molecular weight is 385 g/mol. The second-order valence-corrected chi connectivity index (χ2v) is 9.57. The van der Waals surface area contributed by atoms with E-state index in [2.05, 4.69) is 5.32 Å². The van der Waals surface area contributed by atoms with Gasteiger partial charge >= 0.3 is 17.8 Å². The molecule has 0 bridgehead atoms. The summed E-state index contributed by atoms with van der Waals surface area (Å²) in [6.07, 6.45) is 3.76. The van der Waals surface area contributed by atoms with Gasteiger partial charge in [0, 0.05) is 12.1 Å². The van der Waals surface area contributed by atoms with Crippen molar-refractivity contribution in [1.82, 2.24) is 15.1 Å². The number of amides is 5. The molecule has 3 rings (SSSR count). The first-order valence-corrected chi connectivity index (χ1v) is 10.7. The number of carbonyl (C=O) groups excluding carboxylic acids is 4. The zero-order valence-electron chi connectivity index (χ0n) is 14.6. The van der Waals surface area contributed by atoms with E-state index in [-0.39, 0.29) is 23.5 Å². The molecule has 0 spiro atoms. The molecule has 5 amide bonds. The van der Waals surface area contributed by atoms with E-state index in [0.717, 1.165) is 24.2 Å². The molecular formula is C16H23N3O6S. The molecule has 3 atom stereocenters. The molecular weight excluding hydrogens is 362 g/mol. The van der Waals surface area contributed by atoms with Gasteiger partial charge in [-0.25, -0.2) is 18.1 Å². The van der Waals surface area contributed by atoms with Crippen LogP contribution in [0.2, 0.25) is 0 Å². The molecule has 3 aliphatic rings. The Bertz CT molecular complexity index is 749. The number of imide groups is 2. The Hall–Kier alpha value is -1.97. The van der Waals surface area contributed by atoms with Crippen molar-refractivity contribution < 1.29 is 27.6 Å². The maximum atomic E-state index is 12.6. The summed E-state index contributed by atoms with van der Waals surface area (Å²) in [6, 6.07) is -1.60. The van der Waals surface area contributed by atoms with Gasteiger partial charge in [0.05, 0.1) is 11.5 Å². The molecule has 3 fully saturated rings. The van der Waals surface area contributed by atoms with Crippen molar-refractivity contribution in [2.45, 2.75) is 51.1 Å². The van der Waals surface area contributed by atoms with Gasteiger partial charge in [0.25, 0.3) is 0 Å². The largest absolute Gasteiger partial charge is 0.351 e. The molecule has 0 radical (unpaired) electrons. The molecule has 9 nitrogen and oxygen atoms in total. The highest BCUT2D eigenvalue weighted by Crippen LogP contribution is 2.31. The van der Waals surface area contributed by atoms with Crippen molar-refractivity contribution in [2.24, 2.45) is 5.92 Å². The molecule has 10 heteroatoms. The van der Waals surface area contributed by atoms with Gasteiger partial charge in [-0.3, -0.25) is 19.3 Å². The first-order chi connectivity index (χ1) is 12.2. The van der Waals surface area contributed by atoms with Crippen LogP contribution >= 0.6 is 0 Å². The lowest BCUT2D eigenvalue weighted by Gasteiger charge is -2.34. The molecule has 144 valence electrons. The molecule has 0 aromatic rings. The van der Waals surface area contributed by atoms with E-state index in [4.69, 9.17) is 0 Å². The fourth-order valence-corrected chi connectivity index (χ4v) is 5.63. The lowest BCUT2D eigenvalue weighted by Crippen LogP contribution is -2.47. The highest BCUT2D eigenvalue weighted by atomic mass is 32.2. The van der Waals surface area contributed by atoms with Crippen molar-refractivity contribution >= 4 is 33.6 Å². The minimum absolute atomic E-state index is 0.00531. The third kappa shape index (κ3) is 3.60. The van der Waals surface area contributed by atoms with Gasteiger partial charge in [0.2, 0.25) is 5.91 Å². The van der Waals surface area contributed by atoms with Crippen LogP contribution in [0.4, 0.5) is 4.79 Å². The maximum Gasteiger partial charge on any atom is 0.334 e. The standard InChI is InChI=1S/C16H23N3O6S/c1-10-4-2-3-5-12(10)19-15(22)14(21)18(16(19)23)8-13(20)17-11-6-7-26(24,25)9-11/h10-12H,2-9H2,1H3,(H,17,20)/t10-,11+,12-/m0/s1. The molecule has 26 heavy (non-hydrogen) atoms. The van der Waals surface area contributed by atoms with Crippen molar-refractivity contribution in [2.75, 3.05) is 18.1 Å². The zero-order valence-corrected chi connectivity index (χ0v) is 15.5. The molecule has 2 aliphatic heterocycles. The Morgan fingerprint density at radius 1 is 1.12 bits per heavy atom. The number of carbonyl (C=O) groups is 4. The lowest BCUT2D eigenvalue weighted by molar-refractivity contribution is -0.145. The van der Waals surface area contributed by atoms with Gasteiger partial charge in [0.1, 0.15) is 6.54 Å². The molecule has 1 saturated carbocycles. The summed E-state index contributed by atoms with van der Waals surface area (Å²) in [4.78, 5) is 50.8. The fourth-order valence-electron chi connectivity index (χ4n) is 3.96. The molecule has 0 unspecified atom stereocenters. The van der Waals surface area contributed by atoms with Crippen LogP contribution in [0.1, 0.15) is 39.0 Å². The Morgan fingerprint density at radius 3 is 2.42 bits per heavy atom. The Balaban J connectivity index is 1.65. The Kier molecular flexibility index (Phi) is 5.05. The zero-order chi connectivity index (χ0) is 19.1. The maximum absolute atomic E-state index is 12.6. The smallest absolute Gasteiger partial charge is 0.334 e. The summed E-state index contributed by atoms with van der Waals surface area (Å²) in [6.45, 7) is 1.38. The second kappa shape index (κ2) is 6.98. The molecule has 2 saturated heterocycles. The number of hydrogen-bond acceptors (Lipinski definition) is 6. The summed E-state index contributed by atoms with van der Waals surface area (Å²) in [7, 11) is -3.15. The summed E-state index contributed by atoms with van der Waals surface area (Å²) in [5.74, 6) is -2.55. The predicted molar refractivity (Wildman–Crippen MR) is 90.6 cm³/mol. The topological polar surface area (TPSA) is 121 Å². The molecule has 0 aromatic carbocycles. The van der Waals surface area contributed by atoms with E-state index in [9.17, 15) is 27.6 Å². The number of sulfone groups is 1. The van der Waals surface area contributed by atoms with Gasteiger partial charge in [0.15, 0.2) is 9.84 Å². The van der Waals surface area contributed by atoms with Gasteiger partial charge in [-0.1, -0.05) is 19.8 Å². The normalized spacial score (nSPS) is 31.6. The second-order valence-electron chi connectivity index (χ2n) is 7.35. The minimum atomic E-state index is -3.15. The van der Waals surface area contributed by atoms with E-state index in [1.165, 1.54) is 0 Å². The van der Waals surface area contributed by atoms with Crippen LogP contribution in [0.15, 0.2) is 0 Å². The third-order valence-electron chi connectivity index (χ3n) is 5.38. The Morgan fingerprint density at radius 2 is 1.81 bits per heavy atom. The summed E-state index contributed by atoms with van der Waals surface area (Å²) in [5, 5.41) is 2.53. The third-order valence-corrected chi connectivity index (χ3v) is 7.15. The Labute approximate surface area is 152 Å². The molecule has 0 aromatic heterocycles. The highest BCUT2D eigenvalue weighted by Gasteiger charge is 2.49. The average Bonchev–Trinajstić information content (AvgIpc) is 3.00.